The minimum atomic E-state index is -0.103. The van der Waals surface area contributed by atoms with Crippen molar-refractivity contribution in [2.45, 2.75) is 6.42 Å². The van der Waals surface area contributed by atoms with Gasteiger partial charge in [-0.3, -0.25) is 4.79 Å². The van der Waals surface area contributed by atoms with Gasteiger partial charge >= 0.3 is 0 Å². The summed E-state index contributed by atoms with van der Waals surface area (Å²) in [4.78, 5) is 12.0. The zero-order chi connectivity index (χ0) is 14.7. The first-order valence-corrected chi connectivity index (χ1v) is 7.02. The lowest BCUT2D eigenvalue weighted by Crippen LogP contribution is -2.17. The maximum absolute atomic E-state index is 12.0. The number of hydrogen-bond acceptors (Lipinski definition) is 3. The summed E-state index contributed by atoms with van der Waals surface area (Å²) in [6, 6.07) is 12.6. The third kappa shape index (κ3) is 3.47. The predicted molar refractivity (Wildman–Crippen MR) is 81.2 cm³/mol. The van der Waals surface area contributed by atoms with Crippen molar-refractivity contribution in [2.24, 2.45) is 0 Å². The van der Waals surface area contributed by atoms with Gasteiger partial charge in [-0.2, -0.15) is 0 Å². The van der Waals surface area contributed by atoms with Crippen LogP contribution in [0.3, 0.4) is 0 Å². The number of nitrogens with one attached hydrogen (secondary N) is 1. The molecule has 0 saturated carbocycles. The molecule has 4 nitrogen and oxygen atoms in total. The van der Waals surface area contributed by atoms with Gasteiger partial charge in [-0.25, -0.2) is 0 Å². The van der Waals surface area contributed by atoms with Gasteiger partial charge < -0.3 is 14.8 Å². The topological polar surface area (TPSA) is 47.6 Å². The van der Waals surface area contributed by atoms with E-state index in [0.717, 1.165) is 11.3 Å². The molecule has 21 heavy (non-hydrogen) atoms. The minimum Gasteiger partial charge on any atom is -0.486 e. The number of carbonyl (C=O) groups excluding carboxylic acids is 1. The number of fused-ring (bicyclic) bond motifs is 1. The molecule has 0 atom stereocenters. The number of amides is 1. The van der Waals surface area contributed by atoms with E-state index >= 15 is 0 Å². The van der Waals surface area contributed by atoms with Crippen molar-refractivity contribution in [3.8, 4) is 11.5 Å². The highest BCUT2D eigenvalue weighted by atomic mass is 35.5. The Morgan fingerprint density at radius 1 is 1.10 bits per heavy atom. The molecule has 0 fully saturated rings. The van der Waals surface area contributed by atoms with Gasteiger partial charge in [0.05, 0.1) is 6.42 Å². The molecule has 1 heterocycles. The van der Waals surface area contributed by atoms with Crippen LogP contribution in [0.5, 0.6) is 11.5 Å². The molecule has 1 amide bonds. The van der Waals surface area contributed by atoms with Crippen LogP contribution < -0.4 is 14.8 Å². The van der Waals surface area contributed by atoms with E-state index < -0.39 is 0 Å². The molecule has 108 valence electrons. The van der Waals surface area contributed by atoms with Crippen LogP contribution in [-0.4, -0.2) is 19.1 Å². The van der Waals surface area contributed by atoms with E-state index in [1.165, 1.54) is 0 Å². The van der Waals surface area contributed by atoms with Crippen LogP contribution in [0.4, 0.5) is 5.69 Å². The smallest absolute Gasteiger partial charge is 0.228 e. The van der Waals surface area contributed by atoms with Crippen LogP contribution in [-0.2, 0) is 11.2 Å². The standard InChI is InChI=1S/C16H14ClNO3/c17-12-2-1-3-13(10-12)18-16(19)9-11-4-5-14-15(8-11)21-7-6-20-14/h1-5,8,10H,6-7,9H2,(H,18,19). The van der Waals surface area contributed by atoms with Gasteiger partial charge in [0, 0.05) is 10.7 Å². The van der Waals surface area contributed by atoms with E-state index in [2.05, 4.69) is 5.32 Å². The predicted octanol–water partition coefficient (Wildman–Crippen LogP) is 3.29. The van der Waals surface area contributed by atoms with Crippen LogP contribution in [0, 0.1) is 0 Å². The highest BCUT2D eigenvalue weighted by molar-refractivity contribution is 6.30. The Labute approximate surface area is 127 Å². The lowest BCUT2D eigenvalue weighted by Gasteiger charge is -2.18. The quantitative estimate of drug-likeness (QED) is 0.946. The molecule has 2 aromatic carbocycles. The van der Waals surface area contributed by atoms with Crippen molar-refractivity contribution < 1.29 is 14.3 Å². The van der Waals surface area contributed by atoms with Gasteiger partial charge in [-0.1, -0.05) is 23.7 Å². The molecule has 1 aliphatic rings. The zero-order valence-corrected chi connectivity index (χ0v) is 12.0. The van der Waals surface area contributed by atoms with Crippen LogP contribution in [0.25, 0.3) is 0 Å². The van der Waals surface area contributed by atoms with Gasteiger partial charge in [0.15, 0.2) is 11.5 Å². The molecule has 0 aliphatic carbocycles. The van der Waals surface area contributed by atoms with Crippen LogP contribution in [0.2, 0.25) is 5.02 Å². The van der Waals surface area contributed by atoms with Gasteiger partial charge in [0.1, 0.15) is 13.2 Å². The van der Waals surface area contributed by atoms with E-state index in [9.17, 15) is 4.79 Å². The second-order valence-corrected chi connectivity index (χ2v) is 5.15. The summed E-state index contributed by atoms with van der Waals surface area (Å²) in [5, 5.41) is 3.41. The van der Waals surface area contributed by atoms with Crippen molar-refractivity contribution in [1.82, 2.24) is 0 Å². The number of benzene rings is 2. The molecule has 2 aromatic rings. The maximum Gasteiger partial charge on any atom is 0.228 e. The first kappa shape index (κ1) is 13.8. The molecular formula is C16H14ClNO3. The molecule has 0 bridgehead atoms. The first-order chi connectivity index (χ1) is 10.2. The summed E-state index contributed by atoms with van der Waals surface area (Å²) in [7, 11) is 0. The van der Waals surface area contributed by atoms with E-state index in [1.54, 1.807) is 24.3 Å². The summed E-state index contributed by atoms with van der Waals surface area (Å²) < 4.78 is 11.0. The zero-order valence-electron chi connectivity index (χ0n) is 11.3. The molecule has 0 saturated heterocycles. The van der Waals surface area contributed by atoms with E-state index in [4.69, 9.17) is 21.1 Å². The van der Waals surface area contributed by atoms with Crippen LogP contribution in [0.15, 0.2) is 42.5 Å². The summed E-state index contributed by atoms with van der Waals surface area (Å²) in [6.07, 6.45) is 0.267. The Bertz CT molecular complexity index is 672. The van der Waals surface area contributed by atoms with E-state index in [0.29, 0.717) is 29.7 Å². The summed E-state index contributed by atoms with van der Waals surface area (Å²) >= 11 is 5.89. The van der Waals surface area contributed by atoms with Gasteiger partial charge in [-0.15, -0.1) is 0 Å². The van der Waals surface area contributed by atoms with E-state index in [-0.39, 0.29) is 12.3 Å². The molecule has 0 unspecified atom stereocenters. The Kier molecular flexibility index (Phi) is 3.97. The number of hydrogen-bond donors (Lipinski definition) is 1. The van der Waals surface area contributed by atoms with Crippen LogP contribution >= 0.6 is 11.6 Å². The average Bonchev–Trinajstić information content (AvgIpc) is 2.47. The number of anilines is 1. The second-order valence-electron chi connectivity index (χ2n) is 4.71. The molecule has 1 aliphatic heterocycles. The molecule has 1 N–H and O–H groups in total. The van der Waals surface area contributed by atoms with Gasteiger partial charge in [0.25, 0.3) is 0 Å². The monoisotopic (exact) mass is 303 g/mol. The molecule has 0 radical (unpaired) electrons. The average molecular weight is 304 g/mol. The first-order valence-electron chi connectivity index (χ1n) is 6.65. The van der Waals surface area contributed by atoms with Gasteiger partial charge in [-0.05, 0) is 35.9 Å². The van der Waals surface area contributed by atoms with Crippen molar-refractivity contribution in [3.05, 3.63) is 53.1 Å². The molecule has 0 spiro atoms. The van der Waals surface area contributed by atoms with Crippen molar-refractivity contribution in [1.29, 1.82) is 0 Å². The number of halogens is 1. The lowest BCUT2D eigenvalue weighted by atomic mass is 10.1. The molecule has 0 aromatic heterocycles. The number of ether oxygens (including phenoxy) is 2. The fourth-order valence-electron chi connectivity index (χ4n) is 2.15. The molecule has 3 rings (SSSR count). The van der Waals surface area contributed by atoms with Crippen LogP contribution in [0.1, 0.15) is 5.56 Å². The second kappa shape index (κ2) is 6.06. The van der Waals surface area contributed by atoms with Crippen molar-refractivity contribution in [3.63, 3.8) is 0 Å². The van der Waals surface area contributed by atoms with Gasteiger partial charge in [0.2, 0.25) is 5.91 Å². The highest BCUT2D eigenvalue weighted by Crippen LogP contribution is 2.30. The Morgan fingerprint density at radius 2 is 1.90 bits per heavy atom. The third-order valence-corrected chi connectivity index (χ3v) is 3.31. The lowest BCUT2D eigenvalue weighted by molar-refractivity contribution is -0.115. The van der Waals surface area contributed by atoms with Crippen molar-refractivity contribution >= 4 is 23.2 Å². The SMILES string of the molecule is O=C(Cc1ccc2c(c1)OCCO2)Nc1cccc(Cl)c1. The minimum absolute atomic E-state index is 0.103. The summed E-state index contributed by atoms with van der Waals surface area (Å²) in [6.45, 7) is 1.09. The largest absolute Gasteiger partial charge is 0.486 e. The summed E-state index contributed by atoms with van der Waals surface area (Å²) in [5.41, 5.74) is 1.56. The fourth-order valence-corrected chi connectivity index (χ4v) is 2.34. The van der Waals surface area contributed by atoms with E-state index in [1.807, 2.05) is 18.2 Å². The number of rotatable bonds is 3. The maximum atomic E-state index is 12.0. The fraction of sp³-hybridized carbons (Fsp3) is 0.188. The Balaban J connectivity index is 1.67. The van der Waals surface area contributed by atoms with Crippen molar-refractivity contribution in [2.75, 3.05) is 18.5 Å². The number of carbonyl (C=O) groups is 1. The molecular weight excluding hydrogens is 290 g/mol. The molecule has 5 heteroatoms. The highest BCUT2D eigenvalue weighted by Gasteiger charge is 2.13. The Hall–Kier alpha value is -2.20. The normalized spacial score (nSPS) is 12.8. The Morgan fingerprint density at radius 3 is 2.71 bits per heavy atom. The third-order valence-electron chi connectivity index (χ3n) is 3.08. The summed E-state index contributed by atoms with van der Waals surface area (Å²) in [5.74, 6) is 1.31.